The van der Waals surface area contributed by atoms with Gasteiger partial charge in [-0.25, -0.2) is 4.98 Å². The second-order valence-corrected chi connectivity index (χ2v) is 5.68. The van der Waals surface area contributed by atoms with Crippen molar-refractivity contribution in [1.29, 1.82) is 0 Å². The molecule has 0 saturated carbocycles. The molecular formula is C18H9IrN6-. The van der Waals surface area contributed by atoms with Crippen LogP contribution in [0.2, 0.25) is 0 Å². The summed E-state index contributed by atoms with van der Waals surface area (Å²) in [4.78, 5) is 18.0. The molecule has 1 radical (unpaired) electrons. The molecule has 0 atom stereocenters. The molecule has 25 heavy (non-hydrogen) atoms. The maximum Gasteiger partial charge on any atom is 0.204 e. The van der Waals surface area contributed by atoms with Crippen LogP contribution >= 0.6 is 0 Å². The van der Waals surface area contributed by atoms with Crippen molar-refractivity contribution in [2.24, 2.45) is 0 Å². The van der Waals surface area contributed by atoms with Gasteiger partial charge in [-0.05, 0) is 17.6 Å². The number of nitrogens with zero attached hydrogens (tertiary/aromatic N) is 6. The van der Waals surface area contributed by atoms with Crippen LogP contribution in [0.25, 0.3) is 44.4 Å². The Bertz CT molecular complexity index is 1410. The normalized spacial score (nSPS) is 11.7. The van der Waals surface area contributed by atoms with Gasteiger partial charge in [-0.3, -0.25) is 15.0 Å². The summed E-state index contributed by atoms with van der Waals surface area (Å²) in [7, 11) is 0. The molecule has 0 bridgehead atoms. The van der Waals surface area contributed by atoms with Gasteiger partial charge in [-0.2, -0.15) is 0 Å². The van der Waals surface area contributed by atoms with Crippen LogP contribution in [0, 0.1) is 6.07 Å². The van der Waals surface area contributed by atoms with Gasteiger partial charge in [-0.15, -0.1) is 24.3 Å². The zero-order valence-electron chi connectivity index (χ0n) is 12.7. The average molecular weight is 502 g/mol. The second kappa shape index (κ2) is 5.05. The zero-order chi connectivity index (χ0) is 15.7. The summed E-state index contributed by atoms with van der Waals surface area (Å²) >= 11 is 0. The van der Waals surface area contributed by atoms with Crippen molar-refractivity contribution < 1.29 is 20.1 Å². The largest absolute Gasteiger partial charge is 0.320 e. The third-order valence-electron chi connectivity index (χ3n) is 4.39. The fourth-order valence-corrected chi connectivity index (χ4v) is 3.39. The molecule has 121 valence electrons. The maximum atomic E-state index is 4.80. The van der Waals surface area contributed by atoms with Gasteiger partial charge in [0, 0.05) is 32.5 Å². The summed E-state index contributed by atoms with van der Waals surface area (Å²) in [5.41, 5.74) is 5.54. The molecule has 0 N–H and O–H groups in total. The molecule has 6 rings (SSSR count). The zero-order valence-corrected chi connectivity index (χ0v) is 15.1. The van der Waals surface area contributed by atoms with Crippen molar-refractivity contribution in [2.75, 3.05) is 0 Å². The molecule has 7 heteroatoms. The molecule has 0 saturated heterocycles. The molecule has 0 fully saturated rings. The standard InChI is InChI=1S/C18H9N6.Ir/c1-2-4-14-11(3-1)17-21-12-5-7-20-10-16(12)24(17)18-22-13-9-19-8-6-15(13)23(14)18;/h1-2,4-10H;/q-1;. The third kappa shape index (κ3) is 1.76. The number of imidazole rings is 2. The molecule has 0 aliphatic heterocycles. The number of rotatable bonds is 0. The minimum atomic E-state index is 0. The average Bonchev–Trinajstić information content (AvgIpc) is 3.20. The van der Waals surface area contributed by atoms with E-state index in [1.807, 2.05) is 34.9 Å². The predicted octanol–water partition coefficient (Wildman–Crippen LogP) is 3.03. The SMILES string of the molecule is [Ir].[c-]1cccc2c1c1nc3ccncc3n1c1nc3cnccc3n21. The van der Waals surface area contributed by atoms with E-state index in [-0.39, 0.29) is 20.1 Å². The molecule has 0 aliphatic carbocycles. The van der Waals surface area contributed by atoms with Crippen LogP contribution in [0.3, 0.4) is 0 Å². The van der Waals surface area contributed by atoms with Crippen LogP contribution in [0.15, 0.2) is 55.1 Å². The number of pyridine rings is 2. The van der Waals surface area contributed by atoms with Crippen molar-refractivity contribution in [3.63, 3.8) is 0 Å². The van der Waals surface area contributed by atoms with Gasteiger partial charge < -0.3 is 8.80 Å². The van der Waals surface area contributed by atoms with Gasteiger partial charge in [0.25, 0.3) is 0 Å². The van der Waals surface area contributed by atoms with Gasteiger partial charge in [0.2, 0.25) is 5.78 Å². The first kappa shape index (κ1) is 14.5. The van der Waals surface area contributed by atoms with E-state index in [2.05, 4.69) is 26.5 Å². The van der Waals surface area contributed by atoms with Crippen molar-refractivity contribution in [3.8, 4) is 0 Å². The van der Waals surface area contributed by atoms with Gasteiger partial charge in [0.15, 0.2) is 0 Å². The Hall–Kier alpha value is -2.89. The van der Waals surface area contributed by atoms with Crippen LogP contribution in [-0.4, -0.2) is 28.7 Å². The summed E-state index contributed by atoms with van der Waals surface area (Å²) in [6.45, 7) is 0. The summed E-state index contributed by atoms with van der Waals surface area (Å²) in [6, 6.07) is 13.2. The van der Waals surface area contributed by atoms with Crippen molar-refractivity contribution >= 4 is 44.4 Å². The minimum absolute atomic E-state index is 0. The van der Waals surface area contributed by atoms with Gasteiger partial charge >= 0.3 is 0 Å². The first-order valence-electron chi connectivity index (χ1n) is 7.58. The smallest absolute Gasteiger partial charge is 0.204 e. The monoisotopic (exact) mass is 502 g/mol. The molecule has 0 spiro atoms. The van der Waals surface area contributed by atoms with Crippen molar-refractivity contribution in [2.45, 2.75) is 0 Å². The number of hydrogen-bond donors (Lipinski definition) is 0. The van der Waals surface area contributed by atoms with E-state index in [0.29, 0.717) is 0 Å². The van der Waals surface area contributed by atoms with Crippen LogP contribution in [0.1, 0.15) is 0 Å². The molecule has 0 unspecified atom stereocenters. The topological polar surface area (TPSA) is 60.4 Å². The molecule has 1 aromatic carbocycles. The Morgan fingerprint density at radius 2 is 1.68 bits per heavy atom. The number of aromatic nitrogens is 6. The van der Waals surface area contributed by atoms with E-state index in [1.165, 1.54) is 0 Å². The third-order valence-corrected chi connectivity index (χ3v) is 4.39. The van der Waals surface area contributed by atoms with E-state index in [0.717, 1.165) is 44.4 Å². The molecule has 6 aromatic rings. The molecular weight excluding hydrogens is 492 g/mol. The first-order chi connectivity index (χ1) is 11.9. The Morgan fingerprint density at radius 3 is 2.64 bits per heavy atom. The van der Waals surface area contributed by atoms with E-state index in [9.17, 15) is 0 Å². The van der Waals surface area contributed by atoms with Crippen molar-refractivity contribution in [1.82, 2.24) is 28.7 Å². The first-order valence-corrected chi connectivity index (χ1v) is 7.58. The Kier molecular flexibility index (Phi) is 2.92. The number of benzene rings is 1. The number of hydrogen-bond acceptors (Lipinski definition) is 4. The fraction of sp³-hybridized carbons (Fsp3) is 0. The predicted molar refractivity (Wildman–Crippen MR) is 90.9 cm³/mol. The Morgan fingerprint density at radius 1 is 0.800 bits per heavy atom. The van der Waals surface area contributed by atoms with E-state index >= 15 is 0 Å². The van der Waals surface area contributed by atoms with Gasteiger partial charge in [0.1, 0.15) is 5.52 Å². The maximum absolute atomic E-state index is 4.80. The molecule has 0 amide bonds. The van der Waals surface area contributed by atoms with Crippen LogP contribution in [0.4, 0.5) is 0 Å². The molecule has 5 heterocycles. The summed E-state index contributed by atoms with van der Waals surface area (Å²) in [5.74, 6) is 0.801. The number of fused-ring (bicyclic) bond motifs is 10. The Balaban J connectivity index is 0.00000140. The molecule has 5 aromatic heterocycles. The summed E-state index contributed by atoms with van der Waals surface area (Å²) < 4.78 is 4.17. The van der Waals surface area contributed by atoms with Crippen LogP contribution in [-0.2, 0) is 20.1 Å². The van der Waals surface area contributed by atoms with Crippen LogP contribution in [0.5, 0.6) is 0 Å². The van der Waals surface area contributed by atoms with E-state index < -0.39 is 0 Å². The summed E-state index contributed by atoms with van der Waals surface area (Å²) in [5, 5.41) is 0.956. The van der Waals surface area contributed by atoms with Crippen molar-refractivity contribution in [3.05, 3.63) is 61.2 Å². The van der Waals surface area contributed by atoms with Crippen LogP contribution < -0.4 is 0 Å². The second-order valence-electron chi connectivity index (χ2n) is 5.68. The summed E-state index contributed by atoms with van der Waals surface area (Å²) in [6.07, 6.45) is 7.14. The molecule has 6 nitrogen and oxygen atoms in total. The quantitative estimate of drug-likeness (QED) is 0.300. The van der Waals surface area contributed by atoms with E-state index in [4.69, 9.17) is 9.97 Å². The van der Waals surface area contributed by atoms with E-state index in [1.54, 1.807) is 18.6 Å². The minimum Gasteiger partial charge on any atom is -0.320 e. The fourth-order valence-electron chi connectivity index (χ4n) is 3.39. The van der Waals surface area contributed by atoms with Gasteiger partial charge in [-0.1, -0.05) is 5.39 Å². The Labute approximate surface area is 154 Å². The molecule has 0 aliphatic rings. The van der Waals surface area contributed by atoms with Gasteiger partial charge in [0.05, 0.1) is 34.6 Å².